The third kappa shape index (κ3) is 6.31. The van der Waals surface area contributed by atoms with Crippen LogP contribution in [0.15, 0.2) is 36.8 Å². The van der Waals surface area contributed by atoms with E-state index in [9.17, 15) is 14.0 Å². The van der Waals surface area contributed by atoms with Crippen LogP contribution >= 0.6 is 0 Å². The highest BCUT2D eigenvalue weighted by Crippen LogP contribution is 2.18. The Morgan fingerprint density at radius 3 is 2.73 bits per heavy atom. The van der Waals surface area contributed by atoms with Crippen molar-refractivity contribution < 1.29 is 14.0 Å². The number of halogens is 1. The SMILES string of the molecule is O=C(NCCc1cncn1Cc1ccc(F)cc1)[C@H]1CNCCN1C(=O)NC1CCCCC1. The van der Waals surface area contributed by atoms with Gasteiger partial charge in [-0.2, -0.15) is 0 Å². The standard InChI is InChI=1S/C24H33FN6O2/c25-19-8-6-18(7-9-19)16-30-17-27-14-21(30)10-11-28-23(32)22-15-26-12-13-31(22)24(33)29-20-4-2-1-3-5-20/h6-9,14,17,20,22,26H,1-5,10-13,15-16H2,(H,28,32)(H,29,33)/t22-/m1/s1. The summed E-state index contributed by atoms with van der Waals surface area (Å²) in [6.45, 7) is 2.69. The molecule has 1 saturated heterocycles. The van der Waals surface area contributed by atoms with Crippen molar-refractivity contribution >= 4 is 11.9 Å². The van der Waals surface area contributed by atoms with Gasteiger partial charge in [0.05, 0.1) is 6.33 Å². The first-order valence-corrected chi connectivity index (χ1v) is 11.9. The Morgan fingerprint density at radius 2 is 1.94 bits per heavy atom. The molecule has 2 heterocycles. The van der Waals surface area contributed by atoms with Gasteiger partial charge in [0.1, 0.15) is 11.9 Å². The molecular weight excluding hydrogens is 423 g/mol. The fourth-order valence-electron chi connectivity index (χ4n) is 4.60. The van der Waals surface area contributed by atoms with Crippen molar-refractivity contribution in [3.05, 3.63) is 53.9 Å². The fraction of sp³-hybridized carbons (Fsp3) is 0.542. The first-order valence-electron chi connectivity index (χ1n) is 11.9. The van der Waals surface area contributed by atoms with E-state index >= 15 is 0 Å². The molecule has 0 unspecified atom stereocenters. The maximum atomic E-state index is 13.1. The van der Waals surface area contributed by atoms with Crippen molar-refractivity contribution in [2.24, 2.45) is 0 Å². The molecule has 4 rings (SSSR count). The number of benzene rings is 1. The van der Waals surface area contributed by atoms with Crippen LogP contribution in [0.25, 0.3) is 0 Å². The summed E-state index contributed by atoms with van der Waals surface area (Å²) in [5.74, 6) is -0.406. The first kappa shape index (κ1) is 23.2. The molecule has 0 radical (unpaired) electrons. The zero-order valence-electron chi connectivity index (χ0n) is 18.9. The maximum absolute atomic E-state index is 13.1. The summed E-state index contributed by atoms with van der Waals surface area (Å²) >= 11 is 0. The van der Waals surface area contributed by atoms with Gasteiger partial charge in [-0.1, -0.05) is 31.4 Å². The number of hydrogen-bond acceptors (Lipinski definition) is 4. The van der Waals surface area contributed by atoms with E-state index in [1.807, 2.05) is 4.57 Å². The number of aromatic nitrogens is 2. The molecule has 1 aliphatic carbocycles. The minimum absolute atomic E-state index is 0.138. The van der Waals surface area contributed by atoms with E-state index in [1.165, 1.54) is 18.6 Å². The highest BCUT2D eigenvalue weighted by molar-refractivity contribution is 5.87. The van der Waals surface area contributed by atoms with E-state index < -0.39 is 6.04 Å². The maximum Gasteiger partial charge on any atom is 0.318 e. The number of nitrogens with one attached hydrogen (secondary N) is 3. The Kier molecular flexibility index (Phi) is 7.93. The smallest absolute Gasteiger partial charge is 0.318 e. The van der Waals surface area contributed by atoms with Gasteiger partial charge >= 0.3 is 6.03 Å². The van der Waals surface area contributed by atoms with Crippen LogP contribution < -0.4 is 16.0 Å². The summed E-state index contributed by atoms with van der Waals surface area (Å²) in [5.41, 5.74) is 1.96. The highest BCUT2D eigenvalue weighted by atomic mass is 19.1. The number of hydrogen-bond donors (Lipinski definition) is 3. The summed E-state index contributed by atoms with van der Waals surface area (Å²) in [6.07, 6.45) is 9.68. The van der Waals surface area contributed by atoms with Crippen LogP contribution in [0, 0.1) is 5.82 Å². The lowest BCUT2D eigenvalue weighted by atomic mass is 9.96. The molecule has 2 aromatic rings. The zero-order chi connectivity index (χ0) is 23.0. The molecule has 2 aliphatic rings. The Balaban J connectivity index is 1.28. The van der Waals surface area contributed by atoms with Gasteiger partial charge in [-0.3, -0.25) is 4.79 Å². The largest absolute Gasteiger partial charge is 0.354 e. The lowest BCUT2D eigenvalue weighted by molar-refractivity contribution is -0.125. The van der Waals surface area contributed by atoms with Crippen LogP contribution in [0.1, 0.15) is 43.4 Å². The molecule has 178 valence electrons. The molecule has 1 aromatic carbocycles. The lowest BCUT2D eigenvalue weighted by Crippen LogP contribution is -2.62. The quantitative estimate of drug-likeness (QED) is 0.595. The minimum atomic E-state index is -0.522. The van der Waals surface area contributed by atoms with E-state index in [4.69, 9.17) is 0 Å². The summed E-state index contributed by atoms with van der Waals surface area (Å²) in [7, 11) is 0. The summed E-state index contributed by atoms with van der Waals surface area (Å²) in [4.78, 5) is 31.6. The van der Waals surface area contributed by atoms with Crippen molar-refractivity contribution in [3.63, 3.8) is 0 Å². The monoisotopic (exact) mass is 456 g/mol. The second kappa shape index (κ2) is 11.3. The number of imidazole rings is 1. The molecule has 3 amide bonds. The van der Waals surface area contributed by atoms with Gasteiger partial charge in [0.2, 0.25) is 5.91 Å². The van der Waals surface area contributed by atoms with E-state index in [2.05, 4.69) is 20.9 Å². The average molecular weight is 457 g/mol. The van der Waals surface area contributed by atoms with Gasteiger partial charge in [0.15, 0.2) is 0 Å². The normalized spacial score (nSPS) is 19.3. The molecule has 0 spiro atoms. The number of rotatable bonds is 7. The van der Waals surface area contributed by atoms with Crippen molar-refractivity contribution in [1.82, 2.24) is 30.4 Å². The van der Waals surface area contributed by atoms with E-state index in [-0.39, 0.29) is 23.8 Å². The van der Waals surface area contributed by atoms with Crippen molar-refractivity contribution in [2.45, 2.75) is 57.2 Å². The van der Waals surface area contributed by atoms with E-state index in [0.29, 0.717) is 39.1 Å². The Morgan fingerprint density at radius 1 is 1.15 bits per heavy atom. The van der Waals surface area contributed by atoms with Gasteiger partial charge in [-0.25, -0.2) is 14.2 Å². The summed E-state index contributed by atoms with van der Waals surface area (Å²) in [6, 6.07) is 5.95. The lowest BCUT2D eigenvalue weighted by Gasteiger charge is -2.36. The van der Waals surface area contributed by atoms with Crippen LogP contribution in [-0.2, 0) is 17.8 Å². The molecule has 1 aromatic heterocycles. The summed E-state index contributed by atoms with van der Waals surface area (Å²) in [5, 5.41) is 9.34. The van der Waals surface area contributed by atoms with Crippen LogP contribution in [0.5, 0.6) is 0 Å². The molecule has 8 nitrogen and oxygen atoms in total. The third-order valence-corrected chi connectivity index (χ3v) is 6.48. The van der Waals surface area contributed by atoms with Crippen LogP contribution in [0.2, 0.25) is 0 Å². The Labute approximate surface area is 193 Å². The van der Waals surface area contributed by atoms with Gasteiger partial charge in [-0.15, -0.1) is 0 Å². The number of urea groups is 1. The second-order valence-corrected chi connectivity index (χ2v) is 8.88. The topological polar surface area (TPSA) is 91.3 Å². The molecule has 1 aliphatic heterocycles. The number of carbonyl (C=O) groups is 2. The molecule has 1 saturated carbocycles. The van der Waals surface area contributed by atoms with Crippen molar-refractivity contribution in [1.29, 1.82) is 0 Å². The van der Waals surface area contributed by atoms with Crippen LogP contribution in [-0.4, -0.2) is 64.7 Å². The van der Waals surface area contributed by atoms with Crippen molar-refractivity contribution in [3.8, 4) is 0 Å². The fourth-order valence-corrected chi connectivity index (χ4v) is 4.60. The Hall–Kier alpha value is -2.94. The molecule has 33 heavy (non-hydrogen) atoms. The van der Waals surface area contributed by atoms with Crippen LogP contribution in [0.4, 0.5) is 9.18 Å². The van der Waals surface area contributed by atoms with Crippen molar-refractivity contribution in [2.75, 3.05) is 26.2 Å². The van der Waals surface area contributed by atoms with Gasteiger partial charge < -0.3 is 25.4 Å². The van der Waals surface area contributed by atoms with E-state index in [0.717, 1.165) is 36.9 Å². The Bertz CT molecular complexity index is 925. The van der Waals surface area contributed by atoms with Gasteiger partial charge in [0.25, 0.3) is 0 Å². The highest BCUT2D eigenvalue weighted by Gasteiger charge is 2.33. The number of carbonyl (C=O) groups excluding carboxylic acids is 2. The van der Waals surface area contributed by atoms with Gasteiger partial charge in [0, 0.05) is 57.1 Å². The predicted molar refractivity (Wildman–Crippen MR) is 123 cm³/mol. The summed E-state index contributed by atoms with van der Waals surface area (Å²) < 4.78 is 15.1. The number of amides is 3. The average Bonchev–Trinajstić information content (AvgIpc) is 3.28. The minimum Gasteiger partial charge on any atom is -0.354 e. The third-order valence-electron chi connectivity index (χ3n) is 6.48. The van der Waals surface area contributed by atoms with Crippen LogP contribution in [0.3, 0.4) is 0 Å². The van der Waals surface area contributed by atoms with E-state index in [1.54, 1.807) is 29.6 Å². The molecule has 0 bridgehead atoms. The number of nitrogens with zero attached hydrogens (tertiary/aromatic N) is 3. The molecule has 2 fully saturated rings. The molecule has 1 atom stereocenters. The first-order chi connectivity index (χ1) is 16.1. The zero-order valence-corrected chi connectivity index (χ0v) is 18.9. The molecule has 9 heteroatoms. The molecular formula is C24H33FN6O2. The molecule has 3 N–H and O–H groups in total. The second-order valence-electron chi connectivity index (χ2n) is 8.88. The van der Waals surface area contributed by atoms with Gasteiger partial charge in [-0.05, 0) is 30.5 Å². The predicted octanol–water partition coefficient (Wildman–Crippen LogP) is 2.05. The number of piperazine rings is 1.